The van der Waals surface area contributed by atoms with E-state index < -0.39 is 16.8 Å². The van der Waals surface area contributed by atoms with Crippen LogP contribution in [0, 0.1) is 0 Å². The number of hydrogen-bond donors (Lipinski definition) is 0. The van der Waals surface area contributed by atoms with Crippen molar-refractivity contribution in [3.05, 3.63) is 0 Å². The van der Waals surface area contributed by atoms with Gasteiger partial charge < -0.3 is 0 Å². The summed E-state index contributed by atoms with van der Waals surface area (Å²) < 4.78 is 1.51. The van der Waals surface area contributed by atoms with Gasteiger partial charge in [-0.3, -0.25) is 0 Å². The van der Waals surface area contributed by atoms with Gasteiger partial charge in [-0.2, -0.15) is 9.90 Å². The van der Waals surface area contributed by atoms with Crippen LogP contribution in [0.2, 0.25) is 11.7 Å². The molecule has 0 radical (unpaired) electrons. The second kappa shape index (κ2) is 4.95. The molecular formula is C12H30PPd. The first kappa shape index (κ1) is 17.5. The molecule has 0 aliphatic rings. The van der Waals surface area contributed by atoms with E-state index in [2.05, 4.69) is 62.3 Å². The Labute approximate surface area is 101 Å². The fourth-order valence-electron chi connectivity index (χ4n) is 2.13. The van der Waals surface area contributed by atoms with E-state index in [-0.39, 0.29) is 9.90 Å². The quantitative estimate of drug-likeness (QED) is 0.419. The third-order valence-electron chi connectivity index (χ3n) is 1.42. The van der Waals surface area contributed by atoms with Gasteiger partial charge in [-0.15, -0.1) is 0 Å². The molecule has 0 aliphatic heterocycles. The average molecular weight is 312 g/mol. The molecule has 0 amide bonds. The molecule has 1 unspecified atom stereocenters. The summed E-state index contributed by atoms with van der Waals surface area (Å²) >= 11 is -0.554. The zero-order valence-electron chi connectivity index (χ0n) is 11.5. The van der Waals surface area contributed by atoms with Crippen molar-refractivity contribution < 1.29 is 16.8 Å². The predicted molar refractivity (Wildman–Crippen MR) is 70.3 cm³/mol. The van der Waals surface area contributed by atoms with E-state index in [1.165, 1.54) is 0 Å². The van der Waals surface area contributed by atoms with Crippen molar-refractivity contribution in [3.63, 3.8) is 0 Å². The zero-order valence-corrected chi connectivity index (χ0v) is 14.5. The second-order valence-corrected chi connectivity index (χ2v) is 14.3. The van der Waals surface area contributed by atoms with Crippen molar-refractivity contribution in [2.75, 3.05) is 0 Å². The number of hydrogen-bond acceptors (Lipinski definition) is 0. The van der Waals surface area contributed by atoms with Crippen molar-refractivity contribution in [1.29, 1.82) is 0 Å². The van der Waals surface area contributed by atoms with E-state index in [1.54, 1.807) is 0 Å². The van der Waals surface area contributed by atoms with Crippen LogP contribution in [0.15, 0.2) is 0 Å². The minimum atomic E-state index is -0.554. The van der Waals surface area contributed by atoms with Gasteiger partial charge in [0.15, 0.2) is 0 Å². The largest absolute Gasteiger partial charge is 0.153 e. The van der Waals surface area contributed by atoms with Crippen LogP contribution in [0.4, 0.5) is 0 Å². The third kappa shape index (κ3) is 5.25. The van der Waals surface area contributed by atoms with Gasteiger partial charge in [-0.25, -0.2) is 0 Å². The first-order valence-corrected chi connectivity index (χ1v) is 7.31. The predicted octanol–water partition coefficient (Wildman–Crippen LogP) is 5.32. The van der Waals surface area contributed by atoms with Gasteiger partial charge in [0, 0.05) is 0 Å². The number of rotatable bonds is 0. The van der Waals surface area contributed by atoms with Gasteiger partial charge in [0.2, 0.25) is 0 Å². The van der Waals surface area contributed by atoms with Crippen molar-refractivity contribution >= 4 is 9.90 Å². The van der Waals surface area contributed by atoms with Gasteiger partial charge in [0.25, 0.3) is 0 Å². The van der Waals surface area contributed by atoms with E-state index in [1.807, 2.05) is 0 Å². The monoisotopic (exact) mass is 311 g/mol. The summed E-state index contributed by atoms with van der Waals surface area (Å²) in [6.07, 6.45) is 0. The zero-order chi connectivity index (χ0) is 11.1. The summed E-state index contributed by atoms with van der Waals surface area (Å²) in [5.41, 5.74) is 0. The Kier molecular flexibility index (Phi) is 6.18. The first-order valence-electron chi connectivity index (χ1n) is 4.97. The Morgan fingerprint density at radius 1 is 0.500 bits per heavy atom. The van der Waals surface area contributed by atoms with E-state index in [4.69, 9.17) is 0 Å². The molecule has 2 heteroatoms. The van der Waals surface area contributed by atoms with E-state index in [9.17, 15) is 0 Å². The molecule has 0 aromatic heterocycles. The van der Waals surface area contributed by atoms with E-state index in [0.717, 1.165) is 0 Å². The Morgan fingerprint density at radius 2 is 0.643 bits per heavy atom. The van der Waals surface area contributed by atoms with Crippen LogP contribution in [-0.4, -0.2) is 0 Å². The van der Waals surface area contributed by atoms with Crippen LogP contribution in [0.3, 0.4) is 0 Å². The molecule has 0 aromatic rings. The van der Waals surface area contributed by atoms with E-state index in [0.29, 0.717) is 11.7 Å². The average Bonchev–Trinajstić information content (AvgIpc) is 1.44. The van der Waals surface area contributed by atoms with Crippen molar-refractivity contribution in [2.24, 2.45) is 0 Å². The molecule has 0 rings (SSSR count). The van der Waals surface area contributed by atoms with E-state index >= 15 is 0 Å². The minimum Gasteiger partial charge on any atom is -0.153 e. The van der Waals surface area contributed by atoms with Crippen LogP contribution >= 0.6 is 9.90 Å². The Morgan fingerprint density at radius 3 is 0.643 bits per heavy atom. The third-order valence-corrected chi connectivity index (χ3v) is 8.42. The summed E-state index contributed by atoms with van der Waals surface area (Å²) in [5.74, 6) is 0. The molecule has 0 spiro atoms. The van der Waals surface area contributed by atoms with Crippen LogP contribution in [0.25, 0.3) is 0 Å². The molecule has 0 saturated heterocycles. The summed E-state index contributed by atoms with van der Waals surface area (Å²) in [7, 11) is 0. The molecule has 14 heavy (non-hydrogen) atoms. The van der Waals surface area contributed by atoms with Crippen molar-refractivity contribution in [2.45, 2.75) is 74.0 Å². The SMILES string of the molecule is C[C](C)(C)[Pd]([C](C)(C)C)[C](C)(C)C.P. The molecule has 0 fully saturated rings. The summed E-state index contributed by atoms with van der Waals surface area (Å²) in [5, 5.41) is 0. The molecule has 93 valence electrons. The van der Waals surface area contributed by atoms with Gasteiger partial charge in [-0.05, 0) is 0 Å². The molecule has 1 atom stereocenters. The Bertz CT molecular complexity index is 133. The van der Waals surface area contributed by atoms with Crippen LogP contribution in [0.1, 0.15) is 62.3 Å². The maximum absolute atomic E-state index is 2.41. The maximum Gasteiger partial charge on any atom is -0.153 e. The molecule has 0 aromatic carbocycles. The molecule has 0 heterocycles. The Balaban J connectivity index is 0. The van der Waals surface area contributed by atoms with Crippen LogP contribution in [-0.2, 0) is 16.8 Å². The summed E-state index contributed by atoms with van der Waals surface area (Å²) in [4.78, 5) is 0. The van der Waals surface area contributed by atoms with Gasteiger partial charge in [0.05, 0.1) is 0 Å². The van der Waals surface area contributed by atoms with Gasteiger partial charge in [-0.1, -0.05) is 0 Å². The first-order chi connectivity index (χ1) is 5.37. The molecular weight excluding hydrogens is 282 g/mol. The van der Waals surface area contributed by atoms with Gasteiger partial charge >= 0.3 is 90.7 Å². The molecule has 0 nitrogen and oxygen atoms in total. The van der Waals surface area contributed by atoms with Gasteiger partial charge in [0.1, 0.15) is 0 Å². The fraction of sp³-hybridized carbons (Fsp3) is 1.00. The fourth-order valence-corrected chi connectivity index (χ4v) is 12.6. The minimum absolute atomic E-state index is 0. The topological polar surface area (TPSA) is 0 Å². The molecule has 0 N–H and O–H groups in total. The van der Waals surface area contributed by atoms with Crippen LogP contribution in [0.5, 0.6) is 0 Å². The second-order valence-electron chi connectivity index (χ2n) is 6.16. The van der Waals surface area contributed by atoms with Crippen molar-refractivity contribution in [1.82, 2.24) is 0 Å². The molecule has 0 aliphatic carbocycles. The van der Waals surface area contributed by atoms with Crippen molar-refractivity contribution in [3.8, 4) is 0 Å². The van der Waals surface area contributed by atoms with Crippen LogP contribution < -0.4 is 0 Å². The summed E-state index contributed by atoms with van der Waals surface area (Å²) in [6, 6.07) is 0. The summed E-state index contributed by atoms with van der Waals surface area (Å²) in [6.45, 7) is 21.7. The smallest absolute Gasteiger partial charge is 0.153 e. The normalized spacial score (nSPS) is 14.8. The molecule has 0 bridgehead atoms. The molecule has 0 saturated carbocycles. The Hall–Kier alpha value is 1.09. The maximum atomic E-state index is 2.41. The standard InChI is InChI=1S/3C4H9.H3P.Pd/c3*1-4(2)3;;/h3*1-3H3;1H3;.